The summed E-state index contributed by atoms with van der Waals surface area (Å²) in [6.45, 7) is 11.4. The first-order valence-electron chi connectivity index (χ1n) is 7.95. The van der Waals surface area contributed by atoms with Gasteiger partial charge in [0.05, 0.1) is 6.61 Å². The van der Waals surface area contributed by atoms with Crippen LogP contribution in [0, 0.1) is 0 Å². The number of nitrogens with zero attached hydrogens (tertiary/aromatic N) is 2. The van der Waals surface area contributed by atoms with Gasteiger partial charge in [0.1, 0.15) is 0 Å². The van der Waals surface area contributed by atoms with E-state index in [4.69, 9.17) is 4.74 Å². The Kier molecular flexibility index (Phi) is 6.07. The normalized spacial score (nSPS) is 30.5. The van der Waals surface area contributed by atoms with Crippen LogP contribution in [0.15, 0.2) is 0 Å². The molecular formula is C15H31N3O. The monoisotopic (exact) mass is 269 g/mol. The van der Waals surface area contributed by atoms with Gasteiger partial charge in [-0.1, -0.05) is 6.92 Å². The molecule has 2 heterocycles. The van der Waals surface area contributed by atoms with E-state index < -0.39 is 0 Å². The van der Waals surface area contributed by atoms with Gasteiger partial charge in [-0.25, -0.2) is 0 Å². The molecule has 1 N–H and O–H groups in total. The van der Waals surface area contributed by atoms with Crippen molar-refractivity contribution in [2.75, 3.05) is 46.4 Å². The topological polar surface area (TPSA) is 27.7 Å². The van der Waals surface area contributed by atoms with Gasteiger partial charge in [-0.15, -0.1) is 0 Å². The summed E-state index contributed by atoms with van der Waals surface area (Å²) in [5.41, 5.74) is 0. The molecule has 0 aliphatic carbocycles. The van der Waals surface area contributed by atoms with Crippen molar-refractivity contribution >= 4 is 0 Å². The summed E-state index contributed by atoms with van der Waals surface area (Å²) in [7, 11) is 1.82. The Labute approximate surface area is 118 Å². The fraction of sp³-hybridized carbons (Fsp3) is 1.00. The van der Waals surface area contributed by atoms with Gasteiger partial charge < -0.3 is 10.1 Å². The van der Waals surface area contributed by atoms with Crippen LogP contribution in [0.1, 0.15) is 33.1 Å². The average molecular weight is 269 g/mol. The van der Waals surface area contributed by atoms with E-state index in [-0.39, 0.29) is 0 Å². The maximum Gasteiger partial charge on any atom is 0.0630 e. The zero-order chi connectivity index (χ0) is 13.7. The van der Waals surface area contributed by atoms with Crippen LogP contribution in [0.3, 0.4) is 0 Å². The summed E-state index contributed by atoms with van der Waals surface area (Å²) in [6, 6.07) is 1.97. The summed E-state index contributed by atoms with van der Waals surface area (Å²) in [5.74, 6) is 0. The minimum absolute atomic E-state index is 0.522. The number of ether oxygens (including phenoxy) is 1. The van der Waals surface area contributed by atoms with Gasteiger partial charge in [0.25, 0.3) is 0 Å². The minimum Gasteiger partial charge on any atom is -0.383 e. The molecular weight excluding hydrogens is 238 g/mol. The van der Waals surface area contributed by atoms with Crippen LogP contribution < -0.4 is 5.32 Å². The third-order valence-electron chi connectivity index (χ3n) is 4.62. The Morgan fingerprint density at radius 1 is 1.37 bits per heavy atom. The van der Waals surface area contributed by atoms with Crippen LogP contribution in [-0.2, 0) is 4.74 Å². The number of piperazine rings is 1. The molecule has 2 rings (SSSR count). The molecule has 2 aliphatic heterocycles. The van der Waals surface area contributed by atoms with Crippen LogP contribution in [0.5, 0.6) is 0 Å². The lowest BCUT2D eigenvalue weighted by Gasteiger charge is -2.46. The highest BCUT2D eigenvalue weighted by Gasteiger charge is 2.37. The van der Waals surface area contributed by atoms with Gasteiger partial charge in [0.2, 0.25) is 0 Å². The van der Waals surface area contributed by atoms with Crippen molar-refractivity contribution in [3.8, 4) is 0 Å². The molecule has 0 spiro atoms. The molecule has 112 valence electrons. The summed E-state index contributed by atoms with van der Waals surface area (Å²) < 4.78 is 5.45. The number of methoxy groups -OCH3 is 1. The summed E-state index contributed by atoms with van der Waals surface area (Å²) in [5, 5.41) is 3.56. The van der Waals surface area contributed by atoms with Crippen molar-refractivity contribution in [1.29, 1.82) is 0 Å². The van der Waals surface area contributed by atoms with E-state index in [9.17, 15) is 0 Å². The van der Waals surface area contributed by atoms with Crippen molar-refractivity contribution in [2.24, 2.45) is 0 Å². The zero-order valence-electron chi connectivity index (χ0n) is 12.9. The fourth-order valence-corrected chi connectivity index (χ4v) is 3.63. The summed E-state index contributed by atoms with van der Waals surface area (Å²) in [4.78, 5) is 5.36. The Bertz CT molecular complexity index is 262. The number of fused-ring (bicyclic) bond motifs is 1. The minimum atomic E-state index is 0.522. The second-order valence-corrected chi connectivity index (χ2v) is 6.15. The van der Waals surface area contributed by atoms with Crippen molar-refractivity contribution in [3.05, 3.63) is 0 Å². The Morgan fingerprint density at radius 2 is 2.21 bits per heavy atom. The smallest absolute Gasteiger partial charge is 0.0630 e. The van der Waals surface area contributed by atoms with E-state index >= 15 is 0 Å². The van der Waals surface area contributed by atoms with Gasteiger partial charge in [-0.3, -0.25) is 9.80 Å². The van der Waals surface area contributed by atoms with Crippen LogP contribution in [0.4, 0.5) is 0 Å². The molecule has 2 aliphatic rings. The van der Waals surface area contributed by atoms with E-state index in [0.29, 0.717) is 12.1 Å². The molecule has 0 aromatic heterocycles. The molecule has 3 unspecified atom stereocenters. The number of hydrogen-bond acceptors (Lipinski definition) is 4. The maximum absolute atomic E-state index is 5.45. The SMILES string of the molecule is CCCNCC(COC)N1CC2CCCN2CC1C. The largest absolute Gasteiger partial charge is 0.383 e. The standard InChI is InChI=1S/C15H31N3O/c1-4-7-16-9-15(12-19-3)18-11-14-6-5-8-17(14)10-13(18)2/h13-16H,4-12H2,1-3H3. The lowest BCUT2D eigenvalue weighted by molar-refractivity contribution is 0.000533. The number of rotatable bonds is 7. The Morgan fingerprint density at radius 3 is 2.95 bits per heavy atom. The van der Waals surface area contributed by atoms with Crippen molar-refractivity contribution in [1.82, 2.24) is 15.1 Å². The van der Waals surface area contributed by atoms with E-state index in [1.807, 2.05) is 7.11 Å². The van der Waals surface area contributed by atoms with Gasteiger partial charge in [-0.2, -0.15) is 0 Å². The maximum atomic E-state index is 5.45. The third kappa shape index (κ3) is 3.91. The molecule has 19 heavy (non-hydrogen) atoms. The Balaban J connectivity index is 1.90. The molecule has 3 atom stereocenters. The highest BCUT2D eigenvalue weighted by atomic mass is 16.5. The molecule has 0 saturated carbocycles. The third-order valence-corrected chi connectivity index (χ3v) is 4.62. The lowest BCUT2D eigenvalue weighted by atomic mass is 10.0. The highest BCUT2D eigenvalue weighted by Crippen LogP contribution is 2.25. The second-order valence-electron chi connectivity index (χ2n) is 6.15. The van der Waals surface area contributed by atoms with Crippen LogP contribution in [-0.4, -0.2) is 74.4 Å². The van der Waals surface area contributed by atoms with Gasteiger partial charge >= 0.3 is 0 Å². The van der Waals surface area contributed by atoms with E-state index in [1.165, 1.54) is 38.9 Å². The first-order valence-corrected chi connectivity index (χ1v) is 7.95. The van der Waals surface area contributed by atoms with Crippen LogP contribution >= 0.6 is 0 Å². The molecule has 4 heteroatoms. The average Bonchev–Trinajstić information content (AvgIpc) is 2.84. The van der Waals surface area contributed by atoms with Gasteiger partial charge in [-0.05, 0) is 39.3 Å². The number of nitrogens with one attached hydrogen (secondary N) is 1. The molecule has 4 nitrogen and oxygen atoms in total. The van der Waals surface area contributed by atoms with Gasteiger partial charge in [0, 0.05) is 44.9 Å². The van der Waals surface area contributed by atoms with Crippen molar-refractivity contribution in [2.45, 2.75) is 51.2 Å². The predicted octanol–water partition coefficient (Wildman–Crippen LogP) is 1.17. The first kappa shape index (κ1) is 15.2. The molecule has 0 aromatic carbocycles. The molecule has 0 amide bonds. The molecule has 2 fully saturated rings. The molecule has 0 bridgehead atoms. The first-order chi connectivity index (χ1) is 9.26. The van der Waals surface area contributed by atoms with Crippen molar-refractivity contribution < 1.29 is 4.74 Å². The lowest BCUT2D eigenvalue weighted by Crippen LogP contribution is -2.60. The predicted molar refractivity (Wildman–Crippen MR) is 79.6 cm³/mol. The van der Waals surface area contributed by atoms with Gasteiger partial charge in [0.15, 0.2) is 0 Å². The van der Waals surface area contributed by atoms with Crippen LogP contribution in [0.2, 0.25) is 0 Å². The summed E-state index contributed by atoms with van der Waals surface area (Å²) in [6.07, 6.45) is 3.96. The zero-order valence-corrected chi connectivity index (χ0v) is 12.9. The molecule has 0 radical (unpaired) electrons. The second kappa shape index (κ2) is 7.58. The van der Waals surface area contributed by atoms with E-state index in [1.54, 1.807) is 0 Å². The van der Waals surface area contributed by atoms with Crippen LogP contribution in [0.25, 0.3) is 0 Å². The Hall–Kier alpha value is -0.160. The fourth-order valence-electron chi connectivity index (χ4n) is 3.63. The highest BCUT2D eigenvalue weighted by molar-refractivity contribution is 4.93. The summed E-state index contributed by atoms with van der Waals surface area (Å²) >= 11 is 0. The van der Waals surface area contributed by atoms with Crippen molar-refractivity contribution in [3.63, 3.8) is 0 Å². The molecule has 2 saturated heterocycles. The van der Waals surface area contributed by atoms with E-state index in [2.05, 4.69) is 29.0 Å². The van der Waals surface area contributed by atoms with E-state index in [0.717, 1.165) is 25.7 Å². The molecule has 0 aromatic rings. The number of hydrogen-bond donors (Lipinski definition) is 1. The quantitative estimate of drug-likeness (QED) is 0.702.